The van der Waals surface area contributed by atoms with Crippen LogP contribution in [-0.2, 0) is 6.61 Å². The molecule has 2 atom stereocenters. The standard InChI is InChI=1S/C16H20FN3O2.ClH/c1-16(18)9-3-2-4-13(16)15-19-14(20-22-15)10-21-12-7-5-11(17)6-8-12;/h5-8,13H,2-4,9-10,18H2,1H3;1H. The summed E-state index contributed by atoms with van der Waals surface area (Å²) in [6, 6.07) is 5.82. The second kappa shape index (κ2) is 7.27. The zero-order valence-corrected chi connectivity index (χ0v) is 13.8. The minimum absolute atomic E-state index is 0. The SMILES string of the molecule is CC1(N)CCCCC1c1nc(COc2ccc(F)cc2)no1.Cl. The number of benzene rings is 1. The molecule has 2 N–H and O–H groups in total. The van der Waals surface area contributed by atoms with Crippen LogP contribution in [0.15, 0.2) is 28.8 Å². The zero-order valence-electron chi connectivity index (χ0n) is 13.0. The first-order valence-corrected chi connectivity index (χ1v) is 7.54. The summed E-state index contributed by atoms with van der Waals surface area (Å²) in [7, 11) is 0. The van der Waals surface area contributed by atoms with Crippen molar-refractivity contribution in [3.63, 3.8) is 0 Å². The van der Waals surface area contributed by atoms with Crippen molar-refractivity contribution in [1.82, 2.24) is 10.1 Å². The van der Waals surface area contributed by atoms with E-state index in [1.54, 1.807) is 12.1 Å². The summed E-state index contributed by atoms with van der Waals surface area (Å²) >= 11 is 0. The molecule has 0 radical (unpaired) electrons. The van der Waals surface area contributed by atoms with Crippen molar-refractivity contribution in [2.24, 2.45) is 5.73 Å². The number of nitrogens with two attached hydrogens (primary N) is 1. The molecule has 3 rings (SSSR count). The Balaban J connectivity index is 0.00000192. The molecule has 0 amide bonds. The predicted octanol–water partition coefficient (Wildman–Crippen LogP) is 3.58. The van der Waals surface area contributed by atoms with Crippen LogP contribution >= 0.6 is 12.4 Å². The van der Waals surface area contributed by atoms with Gasteiger partial charge >= 0.3 is 0 Å². The monoisotopic (exact) mass is 341 g/mol. The summed E-state index contributed by atoms with van der Waals surface area (Å²) in [4.78, 5) is 4.41. The molecular weight excluding hydrogens is 321 g/mol. The van der Waals surface area contributed by atoms with Gasteiger partial charge in [-0.3, -0.25) is 0 Å². The number of hydrogen-bond acceptors (Lipinski definition) is 5. The van der Waals surface area contributed by atoms with Crippen LogP contribution < -0.4 is 10.5 Å². The minimum Gasteiger partial charge on any atom is -0.485 e. The molecule has 0 saturated heterocycles. The van der Waals surface area contributed by atoms with E-state index in [0.29, 0.717) is 17.5 Å². The number of halogens is 2. The van der Waals surface area contributed by atoms with E-state index in [2.05, 4.69) is 10.1 Å². The zero-order chi connectivity index (χ0) is 15.6. The summed E-state index contributed by atoms with van der Waals surface area (Å²) in [5, 5.41) is 3.95. The quantitative estimate of drug-likeness (QED) is 0.919. The number of hydrogen-bond donors (Lipinski definition) is 1. The van der Waals surface area contributed by atoms with E-state index < -0.39 is 0 Å². The van der Waals surface area contributed by atoms with Gasteiger partial charge in [0.25, 0.3) is 0 Å². The van der Waals surface area contributed by atoms with E-state index in [-0.39, 0.29) is 36.3 Å². The lowest BCUT2D eigenvalue weighted by Gasteiger charge is -2.35. The predicted molar refractivity (Wildman–Crippen MR) is 86.1 cm³/mol. The smallest absolute Gasteiger partial charge is 0.231 e. The molecule has 1 aliphatic rings. The lowest BCUT2D eigenvalue weighted by atomic mass is 9.74. The van der Waals surface area contributed by atoms with Gasteiger partial charge in [0.2, 0.25) is 11.7 Å². The second-order valence-electron chi connectivity index (χ2n) is 6.10. The minimum atomic E-state index is -0.306. The summed E-state index contributed by atoms with van der Waals surface area (Å²) in [5.74, 6) is 1.42. The fourth-order valence-electron chi connectivity index (χ4n) is 2.91. The van der Waals surface area contributed by atoms with Crippen molar-refractivity contribution in [1.29, 1.82) is 0 Å². The normalized spacial score (nSPS) is 24.0. The van der Waals surface area contributed by atoms with Gasteiger partial charge in [0.1, 0.15) is 11.6 Å². The Kier molecular flexibility index (Phi) is 5.59. The first kappa shape index (κ1) is 17.7. The number of ether oxygens (including phenoxy) is 1. The van der Waals surface area contributed by atoms with E-state index in [0.717, 1.165) is 25.7 Å². The first-order valence-electron chi connectivity index (χ1n) is 7.54. The molecule has 7 heteroatoms. The second-order valence-corrected chi connectivity index (χ2v) is 6.10. The van der Waals surface area contributed by atoms with E-state index in [1.165, 1.54) is 12.1 Å². The lowest BCUT2D eigenvalue weighted by Crippen LogP contribution is -2.44. The van der Waals surface area contributed by atoms with Gasteiger partial charge in [-0.05, 0) is 44.0 Å². The molecule has 1 heterocycles. The molecule has 1 aromatic heterocycles. The van der Waals surface area contributed by atoms with Gasteiger partial charge in [-0.2, -0.15) is 4.98 Å². The third kappa shape index (κ3) is 4.20. The van der Waals surface area contributed by atoms with Crippen LogP contribution in [-0.4, -0.2) is 15.7 Å². The third-order valence-electron chi connectivity index (χ3n) is 4.22. The number of aromatic nitrogens is 2. The lowest BCUT2D eigenvalue weighted by molar-refractivity contribution is 0.222. The first-order chi connectivity index (χ1) is 10.5. The molecule has 2 aromatic rings. The van der Waals surface area contributed by atoms with Gasteiger partial charge in [-0.1, -0.05) is 18.0 Å². The molecule has 0 bridgehead atoms. The number of rotatable bonds is 4. The molecule has 1 aliphatic carbocycles. The molecular formula is C16H21ClFN3O2. The average molecular weight is 342 g/mol. The van der Waals surface area contributed by atoms with E-state index in [1.807, 2.05) is 6.92 Å². The maximum atomic E-state index is 12.8. The Morgan fingerprint density at radius 2 is 2.09 bits per heavy atom. The van der Waals surface area contributed by atoms with E-state index in [4.69, 9.17) is 15.0 Å². The van der Waals surface area contributed by atoms with Crippen LogP contribution in [0.2, 0.25) is 0 Å². The van der Waals surface area contributed by atoms with Crippen LogP contribution in [0.3, 0.4) is 0 Å². The van der Waals surface area contributed by atoms with Gasteiger partial charge in [0.15, 0.2) is 6.61 Å². The van der Waals surface area contributed by atoms with Gasteiger partial charge in [-0.15, -0.1) is 12.4 Å². The summed E-state index contributed by atoms with van der Waals surface area (Å²) in [6.45, 7) is 2.22. The Morgan fingerprint density at radius 3 is 2.78 bits per heavy atom. The molecule has 126 valence electrons. The van der Waals surface area contributed by atoms with Crippen molar-refractivity contribution >= 4 is 12.4 Å². The van der Waals surface area contributed by atoms with Crippen LogP contribution in [0.25, 0.3) is 0 Å². The molecule has 0 aliphatic heterocycles. The Labute approximate surface area is 140 Å². The van der Waals surface area contributed by atoms with E-state index >= 15 is 0 Å². The molecule has 1 fully saturated rings. The average Bonchev–Trinajstić information content (AvgIpc) is 2.95. The van der Waals surface area contributed by atoms with Crippen LogP contribution in [0.5, 0.6) is 5.75 Å². The maximum Gasteiger partial charge on any atom is 0.231 e. The number of nitrogens with zero attached hydrogens (tertiary/aromatic N) is 2. The van der Waals surface area contributed by atoms with Crippen LogP contribution in [0, 0.1) is 5.82 Å². The summed E-state index contributed by atoms with van der Waals surface area (Å²) < 4.78 is 23.7. The Bertz CT molecular complexity index is 631. The van der Waals surface area contributed by atoms with Crippen molar-refractivity contribution in [3.8, 4) is 5.75 Å². The molecule has 1 saturated carbocycles. The molecule has 1 aromatic carbocycles. The van der Waals surface area contributed by atoms with Gasteiger partial charge < -0.3 is 15.0 Å². The third-order valence-corrected chi connectivity index (χ3v) is 4.22. The maximum absolute atomic E-state index is 12.8. The van der Waals surface area contributed by atoms with Crippen molar-refractivity contribution in [3.05, 3.63) is 41.8 Å². The summed E-state index contributed by atoms with van der Waals surface area (Å²) in [6.07, 6.45) is 4.19. The fourth-order valence-corrected chi connectivity index (χ4v) is 2.91. The van der Waals surface area contributed by atoms with Crippen molar-refractivity contribution in [2.45, 2.75) is 50.7 Å². The highest BCUT2D eigenvalue weighted by Gasteiger charge is 2.37. The van der Waals surface area contributed by atoms with E-state index in [9.17, 15) is 4.39 Å². The van der Waals surface area contributed by atoms with Crippen molar-refractivity contribution < 1.29 is 13.7 Å². The summed E-state index contributed by atoms with van der Waals surface area (Å²) in [5.41, 5.74) is 6.04. The molecule has 2 unspecified atom stereocenters. The topological polar surface area (TPSA) is 74.2 Å². The van der Waals surface area contributed by atoms with Crippen molar-refractivity contribution in [2.75, 3.05) is 0 Å². The van der Waals surface area contributed by atoms with Gasteiger partial charge in [0, 0.05) is 5.54 Å². The largest absolute Gasteiger partial charge is 0.485 e. The van der Waals surface area contributed by atoms with Crippen LogP contribution in [0.1, 0.15) is 50.2 Å². The van der Waals surface area contributed by atoms with Gasteiger partial charge in [0.05, 0.1) is 5.92 Å². The molecule has 5 nitrogen and oxygen atoms in total. The molecule has 23 heavy (non-hydrogen) atoms. The highest BCUT2D eigenvalue weighted by Crippen LogP contribution is 2.38. The highest BCUT2D eigenvalue weighted by molar-refractivity contribution is 5.85. The van der Waals surface area contributed by atoms with Gasteiger partial charge in [-0.25, -0.2) is 4.39 Å². The Morgan fingerprint density at radius 1 is 1.35 bits per heavy atom. The Hall–Kier alpha value is -1.66. The fraction of sp³-hybridized carbons (Fsp3) is 0.500. The molecule has 0 spiro atoms. The van der Waals surface area contributed by atoms with Crippen LogP contribution in [0.4, 0.5) is 4.39 Å². The highest BCUT2D eigenvalue weighted by atomic mass is 35.5.